The normalized spacial score (nSPS) is 10.9. The van der Waals surface area contributed by atoms with Crippen LogP contribution in [0.15, 0.2) is 67.0 Å². The molecule has 0 spiro atoms. The predicted molar refractivity (Wildman–Crippen MR) is 101 cm³/mol. The summed E-state index contributed by atoms with van der Waals surface area (Å²) in [5, 5.41) is 9.88. The SMILES string of the molecule is Cc1cccc(N(c2ccc3cnncc3c2)c2ccc(F)cc2C)n1. The van der Waals surface area contributed by atoms with E-state index in [0.717, 1.165) is 39.2 Å². The fourth-order valence-electron chi connectivity index (χ4n) is 3.04. The highest BCUT2D eigenvalue weighted by molar-refractivity contribution is 5.88. The van der Waals surface area contributed by atoms with Gasteiger partial charge >= 0.3 is 0 Å². The largest absolute Gasteiger partial charge is 0.295 e. The molecule has 0 radical (unpaired) electrons. The minimum atomic E-state index is -0.253. The van der Waals surface area contributed by atoms with Gasteiger partial charge in [-0.1, -0.05) is 12.1 Å². The maximum absolute atomic E-state index is 13.6. The Morgan fingerprint density at radius 3 is 2.42 bits per heavy atom. The van der Waals surface area contributed by atoms with E-state index in [0.29, 0.717) is 0 Å². The van der Waals surface area contributed by atoms with Crippen molar-refractivity contribution in [1.29, 1.82) is 0 Å². The maximum Gasteiger partial charge on any atom is 0.137 e. The molecule has 2 heterocycles. The van der Waals surface area contributed by atoms with Crippen molar-refractivity contribution < 1.29 is 4.39 Å². The highest BCUT2D eigenvalue weighted by Gasteiger charge is 2.16. The lowest BCUT2D eigenvalue weighted by molar-refractivity contribution is 0.626. The van der Waals surface area contributed by atoms with Crippen molar-refractivity contribution in [2.45, 2.75) is 13.8 Å². The van der Waals surface area contributed by atoms with E-state index in [1.165, 1.54) is 12.1 Å². The van der Waals surface area contributed by atoms with E-state index >= 15 is 0 Å². The van der Waals surface area contributed by atoms with Gasteiger partial charge in [-0.15, -0.1) is 0 Å². The molecule has 0 fully saturated rings. The van der Waals surface area contributed by atoms with Gasteiger partial charge in [-0.05, 0) is 61.9 Å². The summed E-state index contributed by atoms with van der Waals surface area (Å²) in [6, 6.07) is 16.7. The van der Waals surface area contributed by atoms with E-state index < -0.39 is 0 Å². The summed E-state index contributed by atoms with van der Waals surface area (Å²) in [6.45, 7) is 3.85. The molecule has 2 aromatic carbocycles. The van der Waals surface area contributed by atoms with Crippen LogP contribution >= 0.6 is 0 Å². The second kappa shape index (κ2) is 6.52. The Morgan fingerprint density at radius 2 is 1.65 bits per heavy atom. The third-order valence-corrected chi connectivity index (χ3v) is 4.29. The highest BCUT2D eigenvalue weighted by atomic mass is 19.1. The lowest BCUT2D eigenvalue weighted by Crippen LogP contribution is -2.13. The number of hydrogen-bond donors (Lipinski definition) is 0. The quantitative estimate of drug-likeness (QED) is 0.509. The van der Waals surface area contributed by atoms with Crippen LogP contribution in [0.25, 0.3) is 10.8 Å². The Kier molecular flexibility index (Phi) is 4.05. The molecular formula is C21H17FN4. The van der Waals surface area contributed by atoms with Gasteiger partial charge in [0, 0.05) is 22.2 Å². The van der Waals surface area contributed by atoms with Crippen LogP contribution in [-0.2, 0) is 0 Å². The lowest BCUT2D eigenvalue weighted by Gasteiger charge is -2.26. The molecule has 0 aliphatic heterocycles. The van der Waals surface area contributed by atoms with Crippen molar-refractivity contribution in [3.63, 3.8) is 0 Å². The van der Waals surface area contributed by atoms with Crippen molar-refractivity contribution in [2.24, 2.45) is 0 Å². The smallest absolute Gasteiger partial charge is 0.137 e. The fraction of sp³-hybridized carbons (Fsp3) is 0.0952. The van der Waals surface area contributed by atoms with Crippen molar-refractivity contribution in [2.75, 3.05) is 4.90 Å². The van der Waals surface area contributed by atoms with Crippen molar-refractivity contribution in [1.82, 2.24) is 15.2 Å². The molecule has 0 aliphatic carbocycles. The molecule has 0 saturated carbocycles. The standard InChI is InChI=1S/C21H17FN4/c1-14-10-18(22)7-9-20(14)26(21-5-3-4-15(2)25-21)19-8-6-16-12-23-24-13-17(16)11-19/h3-13H,1-2H3. The number of aryl methyl sites for hydroxylation is 2. The summed E-state index contributed by atoms with van der Waals surface area (Å²) < 4.78 is 13.6. The number of hydrogen-bond acceptors (Lipinski definition) is 4. The van der Waals surface area contributed by atoms with Crippen LogP contribution < -0.4 is 4.90 Å². The fourth-order valence-corrected chi connectivity index (χ4v) is 3.04. The first-order chi connectivity index (χ1) is 12.6. The Balaban J connectivity index is 1.94. The number of rotatable bonds is 3. The number of benzene rings is 2. The van der Waals surface area contributed by atoms with Crippen LogP contribution in [0.1, 0.15) is 11.3 Å². The third kappa shape index (κ3) is 2.99. The maximum atomic E-state index is 13.6. The molecular weight excluding hydrogens is 327 g/mol. The van der Waals surface area contributed by atoms with E-state index in [-0.39, 0.29) is 5.82 Å². The van der Waals surface area contributed by atoms with Crippen molar-refractivity contribution >= 4 is 28.0 Å². The summed E-state index contributed by atoms with van der Waals surface area (Å²) in [5.74, 6) is 0.526. The van der Waals surface area contributed by atoms with Crippen molar-refractivity contribution in [3.8, 4) is 0 Å². The first kappa shape index (κ1) is 16.1. The number of fused-ring (bicyclic) bond motifs is 1. The Hall–Kier alpha value is -3.34. The first-order valence-corrected chi connectivity index (χ1v) is 8.32. The summed E-state index contributed by atoms with van der Waals surface area (Å²) in [7, 11) is 0. The molecule has 26 heavy (non-hydrogen) atoms. The molecule has 4 rings (SSSR count). The zero-order valence-corrected chi connectivity index (χ0v) is 14.5. The van der Waals surface area contributed by atoms with Gasteiger partial charge in [0.05, 0.1) is 18.1 Å². The topological polar surface area (TPSA) is 41.9 Å². The second-order valence-corrected chi connectivity index (χ2v) is 6.21. The molecule has 0 unspecified atom stereocenters. The van der Waals surface area contributed by atoms with Gasteiger partial charge in [0.2, 0.25) is 0 Å². The van der Waals surface area contributed by atoms with Crippen LogP contribution in [0.3, 0.4) is 0 Å². The minimum absolute atomic E-state index is 0.253. The van der Waals surface area contributed by atoms with Gasteiger partial charge in [-0.2, -0.15) is 10.2 Å². The van der Waals surface area contributed by atoms with Gasteiger partial charge in [-0.25, -0.2) is 9.37 Å². The summed E-state index contributed by atoms with van der Waals surface area (Å²) in [4.78, 5) is 6.70. The zero-order chi connectivity index (χ0) is 18.1. The summed E-state index contributed by atoms with van der Waals surface area (Å²) in [5.41, 5.74) is 3.56. The zero-order valence-electron chi connectivity index (χ0n) is 14.5. The van der Waals surface area contributed by atoms with Crippen LogP contribution in [0, 0.1) is 19.7 Å². The number of halogens is 1. The van der Waals surface area contributed by atoms with Crippen LogP contribution in [0.5, 0.6) is 0 Å². The number of aromatic nitrogens is 3. The molecule has 0 amide bonds. The van der Waals surface area contributed by atoms with E-state index in [2.05, 4.69) is 15.2 Å². The molecule has 0 bridgehead atoms. The molecule has 0 N–H and O–H groups in total. The molecule has 5 heteroatoms. The van der Waals surface area contributed by atoms with Gasteiger partial charge in [0.15, 0.2) is 0 Å². The monoisotopic (exact) mass is 344 g/mol. The molecule has 2 aromatic heterocycles. The van der Waals surface area contributed by atoms with Crippen LogP contribution in [0.4, 0.5) is 21.6 Å². The lowest BCUT2D eigenvalue weighted by atomic mass is 10.1. The second-order valence-electron chi connectivity index (χ2n) is 6.21. The van der Waals surface area contributed by atoms with E-state index in [1.807, 2.05) is 55.1 Å². The van der Waals surface area contributed by atoms with Gasteiger partial charge in [-0.3, -0.25) is 4.90 Å². The van der Waals surface area contributed by atoms with Crippen molar-refractivity contribution in [3.05, 3.63) is 84.1 Å². The van der Waals surface area contributed by atoms with Gasteiger partial charge < -0.3 is 0 Å². The van der Waals surface area contributed by atoms with E-state index in [1.54, 1.807) is 18.5 Å². The van der Waals surface area contributed by atoms with E-state index in [4.69, 9.17) is 0 Å². The predicted octanol–water partition coefficient (Wildman–Crippen LogP) is 5.25. The molecule has 0 saturated heterocycles. The molecule has 128 valence electrons. The Labute approximate surface area is 151 Å². The molecule has 0 aliphatic rings. The van der Waals surface area contributed by atoms with Crippen LogP contribution in [-0.4, -0.2) is 15.2 Å². The third-order valence-electron chi connectivity index (χ3n) is 4.29. The minimum Gasteiger partial charge on any atom is -0.295 e. The summed E-state index contributed by atoms with van der Waals surface area (Å²) >= 11 is 0. The number of anilines is 3. The van der Waals surface area contributed by atoms with E-state index in [9.17, 15) is 4.39 Å². The summed E-state index contributed by atoms with van der Waals surface area (Å²) in [6.07, 6.45) is 3.47. The van der Waals surface area contributed by atoms with Gasteiger partial charge in [0.25, 0.3) is 0 Å². The first-order valence-electron chi connectivity index (χ1n) is 8.32. The molecule has 4 aromatic rings. The average molecular weight is 344 g/mol. The van der Waals surface area contributed by atoms with Crippen LogP contribution in [0.2, 0.25) is 0 Å². The number of nitrogens with zero attached hydrogens (tertiary/aromatic N) is 4. The highest BCUT2D eigenvalue weighted by Crippen LogP contribution is 2.36. The molecule has 4 nitrogen and oxygen atoms in total. The molecule has 0 atom stereocenters. The average Bonchev–Trinajstić information content (AvgIpc) is 2.64. The Bertz CT molecular complexity index is 1090. The number of pyridine rings is 1. The Morgan fingerprint density at radius 1 is 0.846 bits per heavy atom. The van der Waals surface area contributed by atoms with Gasteiger partial charge in [0.1, 0.15) is 11.6 Å².